The first-order valence-electron chi connectivity index (χ1n) is 8.90. The third-order valence-electron chi connectivity index (χ3n) is 5.57. The van der Waals surface area contributed by atoms with Gasteiger partial charge >= 0.3 is 5.97 Å². The molecule has 6 heteroatoms. The van der Waals surface area contributed by atoms with Gasteiger partial charge in [-0.15, -0.1) is 12.4 Å². The van der Waals surface area contributed by atoms with Gasteiger partial charge in [-0.2, -0.15) is 0 Å². The van der Waals surface area contributed by atoms with Gasteiger partial charge in [-0.1, -0.05) is 43.2 Å². The highest BCUT2D eigenvalue weighted by Crippen LogP contribution is 2.40. The molecule has 1 atom stereocenters. The van der Waals surface area contributed by atoms with E-state index in [1.807, 2.05) is 6.07 Å². The van der Waals surface area contributed by atoms with Crippen molar-refractivity contribution >= 4 is 24.3 Å². The van der Waals surface area contributed by atoms with Crippen molar-refractivity contribution in [2.45, 2.75) is 50.0 Å². The minimum atomic E-state index is -0.822. The van der Waals surface area contributed by atoms with Crippen molar-refractivity contribution in [2.75, 3.05) is 19.6 Å². The van der Waals surface area contributed by atoms with Crippen LogP contribution in [0.25, 0.3) is 0 Å². The van der Waals surface area contributed by atoms with Crippen molar-refractivity contribution in [1.82, 2.24) is 10.2 Å². The summed E-state index contributed by atoms with van der Waals surface area (Å²) in [5, 5.41) is 12.3. The fourth-order valence-electron chi connectivity index (χ4n) is 4.21. The summed E-state index contributed by atoms with van der Waals surface area (Å²) in [6, 6.07) is 9.92. The van der Waals surface area contributed by atoms with E-state index in [1.165, 1.54) is 18.4 Å². The normalized spacial score (nSPS) is 22.3. The highest BCUT2D eigenvalue weighted by atomic mass is 35.5. The van der Waals surface area contributed by atoms with Gasteiger partial charge in [-0.25, -0.2) is 0 Å². The second-order valence-electron chi connectivity index (χ2n) is 7.10. The molecule has 1 aliphatic heterocycles. The Labute approximate surface area is 155 Å². The smallest absolute Gasteiger partial charge is 0.320 e. The maximum absolute atomic E-state index is 12.4. The van der Waals surface area contributed by atoms with Gasteiger partial charge in [0.2, 0.25) is 5.91 Å². The van der Waals surface area contributed by atoms with Crippen molar-refractivity contribution < 1.29 is 14.7 Å². The Balaban J connectivity index is 0.00000225. The van der Waals surface area contributed by atoms with Crippen molar-refractivity contribution in [3.63, 3.8) is 0 Å². The summed E-state index contributed by atoms with van der Waals surface area (Å²) < 4.78 is 0. The average Bonchev–Trinajstić information content (AvgIpc) is 3.24. The Bertz CT molecular complexity index is 588. The van der Waals surface area contributed by atoms with Gasteiger partial charge < -0.3 is 10.4 Å². The standard InChI is InChI=1S/C19H26N2O3.ClH/c22-17(13-21-12-6-9-16(21)18(23)24)20-14-19(10-4-5-11-19)15-7-2-1-3-8-15;/h1-3,7-8,16H,4-6,9-14H2,(H,20,22)(H,23,24);1H/t16-;/m1./s1. The number of nitrogens with zero attached hydrogens (tertiary/aromatic N) is 1. The molecule has 3 rings (SSSR count). The molecule has 1 aromatic rings. The van der Waals surface area contributed by atoms with E-state index >= 15 is 0 Å². The number of benzene rings is 1. The topological polar surface area (TPSA) is 69.6 Å². The van der Waals surface area contributed by atoms with Crippen molar-refractivity contribution in [1.29, 1.82) is 0 Å². The van der Waals surface area contributed by atoms with E-state index in [0.717, 1.165) is 19.3 Å². The molecule has 0 unspecified atom stereocenters. The Hall–Kier alpha value is -1.59. The fraction of sp³-hybridized carbons (Fsp3) is 0.579. The lowest BCUT2D eigenvalue weighted by molar-refractivity contribution is -0.142. The summed E-state index contributed by atoms with van der Waals surface area (Å²) in [5.74, 6) is -0.887. The summed E-state index contributed by atoms with van der Waals surface area (Å²) in [6.45, 7) is 1.51. The number of hydrogen-bond donors (Lipinski definition) is 2. The zero-order chi connectivity index (χ0) is 17.0. The Morgan fingerprint density at radius 2 is 1.84 bits per heavy atom. The van der Waals surface area contributed by atoms with E-state index in [9.17, 15) is 14.7 Å². The summed E-state index contributed by atoms with van der Waals surface area (Å²) in [6.07, 6.45) is 6.06. The predicted octanol–water partition coefficient (Wildman–Crippen LogP) is 2.59. The van der Waals surface area contributed by atoms with Crippen molar-refractivity contribution in [3.8, 4) is 0 Å². The average molecular weight is 367 g/mol. The first-order valence-corrected chi connectivity index (χ1v) is 8.90. The molecular formula is C19H27ClN2O3. The molecule has 0 bridgehead atoms. The monoisotopic (exact) mass is 366 g/mol. The van der Waals surface area contributed by atoms with Crippen LogP contribution in [0.15, 0.2) is 30.3 Å². The van der Waals surface area contributed by atoms with E-state index in [1.54, 1.807) is 4.90 Å². The molecule has 2 N–H and O–H groups in total. The largest absolute Gasteiger partial charge is 0.480 e. The van der Waals surface area contributed by atoms with Crippen LogP contribution in [0.4, 0.5) is 0 Å². The molecule has 0 aromatic heterocycles. The summed E-state index contributed by atoms with van der Waals surface area (Å²) >= 11 is 0. The van der Waals surface area contributed by atoms with Gasteiger partial charge in [0.05, 0.1) is 6.54 Å². The number of likely N-dealkylation sites (tertiary alicyclic amines) is 1. The minimum absolute atomic E-state index is 0. The summed E-state index contributed by atoms with van der Waals surface area (Å²) in [7, 11) is 0. The van der Waals surface area contributed by atoms with Gasteiger partial charge in [0.1, 0.15) is 6.04 Å². The predicted molar refractivity (Wildman–Crippen MR) is 99.1 cm³/mol. The molecule has 1 saturated heterocycles. The SMILES string of the molecule is Cl.O=C(CN1CCC[C@@H]1C(=O)O)NCC1(c2ccccc2)CCCC1. The van der Waals surface area contributed by atoms with Gasteiger partial charge in [-0.3, -0.25) is 14.5 Å². The number of aliphatic carboxylic acids is 1. The van der Waals surface area contributed by atoms with E-state index < -0.39 is 12.0 Å². The quantitative estimate of drug-likeness (QED) is 0.811. The molecule has 1 aromatic carbocycles. The van der Waals surface area contributed by atoms with Gasteiger partial charge in [0.15, 0.2) is 0 Å². The zero-order valence-electron chi connectivity index (χ0n) is 14.4. The molecule has 5 nitrogen and oxygen atoms in total. The van der Waals surface area contributed by atoms with Crippen LogP contribution in [0.1, 0.15) is 44.1 Å². The molecule has 1 aliphatic carbocycles. The van der Waals surface area contributed by atoms with Crippen LogP contribution >= 0.6 is 12.4 Å². The van der Waals surface area contributed by atoms with Crippen molar-refractivity contribution in [2.24, 2.45) is 0 Å². The molecule has 1 saturated carbocycles. The third-order valence-corrected chi connectivity index (χ3v) is 5.57. The van der Waals surface area contributed by atoms with Crippen molar-refractivity contribution in [3.05, 3.63) is 35.9 Å². The van der Waals surface area contributed by atoms with Crippen LogP contribution in [0.5, 0.6) is 0 Å². The number of rotatable bonds is 6. The van der Waals surface area contributed by atoms with Crippen LogP contribution in [-0.2, 0) is 15.0 Å². The Morgan fingerprint density at radius 1 is 1.16 bits per heavy atom. The molecule has 2 aliphatic rings. The number of carboxylic acids is 1. The molecule has 1 amide bonds. The first-order chi connectivity index (χ1) is 11.6. The highest BCUT2D eigenvalue weighted by Gasteiger charge is 2.36. The van der Waals surface area contributed by atoms with Crippen LogP contribution in [0.3, 0.4) is 0 Å². The summed E-state index contributed by atoms with van der Waals surface area (Å²) in [5.41, 5.74) is 1.33. The first kappa shape index (κ1) is 19.7. The lowest BCUT2D eigenvalue weighted by atomic mass is 9.79. The maximum atomic E-state index is 12.4. The molecule has 25 heavy (non-hydrogen) atoms. The van der Waals surface area contributed by atoms with Gasteiger partial charge in [-0.05, 0) is 37.8 Å². The maximum Gasteiger partial charge on any atom is 0.320 e. The molecule has 0 spiro atoms. The van der Waals surface area contributed by atoms with Crippen LogP contribution < -0.4 is 5.32 Å². The molecular weight excluding hydrogens is 340 g/mol. The van der Waals surface area contributed by atoms with Gasteiger partial charge in [0.25, 0.3) is 0 Å². The second kappa shape index (κ2) is 8.68. The summed E-state index contributed by atoms with van der Waals surface area (Å²) in [4.78, 5) is 25.4. The number of carboxylic acid groups (broad SMARTS) is 1. The van der Waals surface area contributed by atoms with Crippen LogP contribution in [0, 0.1) is 0 Å². The Morgan fingerprint density at radius 3 is 2.48 bits per heavy atom. The van der Waals surface area contributed by atoms with E-state index in [-0.39, 0.29) is 30.3 Å². The van der Waals surface area contributed by atoms with E-state index in [0.29, 0.717) is 19.5 Å². The molecule has 1 heterocycles. The molecule has 2 fully saturated rings. The third kappa shape index (κ3) is 4.53. The van der Waals surface area contributed by atoms with Gasteiger partial charge in [0, 0.05) is 12.0 Å². The molecule has 138 valence electrons. The van der Waals surface area contributed by atoms with Crippen LogP contribution in [-0.4, -0.2) is 47.6 Å². The van der Waals surface area contributed by atoms with E-state index in [2.05, 4.69) is 29.6 Å². The molecule has 0 radical (unpaired) electrons. The lowest BCUT2D eigenvalue weighted by Crippen LogP contribution is -2.46. The number of carbonyl (C=O) groups excluding carboxylic acids is 1. The number of carbonyl (C=O) groups is 2. The lowest BCUT2D eigenvalue weighted by Gasteiger charge is -2.30. The second-order valence-corrected chi connectivity index (χ2v) is 7.10. The fourth-order valence-corrected chi connectivity index (χ4v) is 4.21. The number of hydrogen-bond acceptors (Lipinski definition) is 3. The van der Waals surface area contributed by atoms with E-state index in [4.69, 9.17) is 0 Å². The highest BCUT2D eigenvalue weighted by molar-refractivity contribution is 5.85. The Kier molecular flexibility index (Phi) is 6.85. The van der Waals surface area contributed by atoms with Crippen LogP contribution in [0.2, 0.25) is 0 Å². The number of amides is 1. The number of nitrogens with one attached hydrogen (secondary N) is 1. The zero-order valence-corrected chi connectivity index (χ0v) is 15.3. The minimum Gasteiger partial charge on any atom is -0.480 e. The number of halogens is 1.